The summed E-state index contributed by atoms with van der Waals surface area (Å²) < 4.78 is 5.35. The molecule has 0 spiro atoms. The lowest BCUT2D eigenvalue weighted by molar-refractivity contribution is -0.122. The van der Waals surface area contributed by atoms with E-state index in [9.17, 15) is 4.79 Å². The summed E-state index contributed by atoms with van der Waals surface area (Å²) in [6, 6.07) is 7.56. The van der Waals surface area contributed by atoms with Gasteiger partial charge < -0.3 is 20.8 Å². The first-order valence-electron chi connectivity index (χ1n) is 8.40. The van der Waals surface area contributed by atoms with Gasteiger partial charge in [-0.3, -0.25) is 4.79 Å². The number of rotatable bonds is 6. The van der Waals surface area contributed by atoms with Crippen LogP contribution in [0.2, 0.25) is 0 Å². The Morgan fingerprint density at radius 2 is 2.13 bits per heavy atom. The molecule has 1 aliphatic rings. The van der Waals surface area contributed by atoms with Gasteiger partial charge >= 0.3 is 0 Å². The first-order chi connectivity index (χ1) is 11.2. The van der Waals surface area contributed by atoms with Gasteiger partial charge in [-0.1, -0.05) is 18.2 Å². The number of hydrogen-bond donors (Lipinski definition) is 3. The van der Waals surface area contributed by atoms with E-state index < -0.39 is 6.04 Å². The zero-order chi connectivity index (χ0) is 16.1. The van der Waals surface area contributed by atoms with Crippen molar-refractivity contribution in [3.8, 4) is 0 Å². The molecule has 1 aromatic heterocycles. The fourth-order valence-corrected chi connectivity index (χ4v) is 3.20. The maximum absolute atomic E-state index is 12.2. The lowest BCUT2D eigenvalue weighted by atomic mass is 9.96. The van der Waals surface area contributed by atoms with Crippen LogP contribution in [0.5, 0.6) is 0 Å². The van der Waals surface area contributed by atoms with Gasteiger partial charge in [0.05, 0.1) is 6.04 Å². The third-order valence-corrected chi connectivity index (χ3v) is 4.64. The Morgan fingerprint density at radius 1 is 1.35 bits per heavy atom. The second kappa shape index (κ2) is 7.62. The van der Waals surface area contributed by atoms with E-state index in [1.165, 1.54) is 0 Å². The number of aromatic amines is 1. The summed E-state index contributed by atoms with van der Waals surface area (Å²) >= 11 is 0. The van der Waals surface area contributed by atoms with E-state index >= 15 is 0 Å². The van der Waals surface area contributed by atoms with Crippen LogP contribution < -0.4 is 11.1 Å². The molecule has 0 radical (unpaired) electrons. The van der Waals surface area contributed by atoms with Crippen LogP contribution in [0.15, 0.2) is 30.5 Å². The normalized spacial score (nSPS) is 17.3. The summed E-state index contributed by atoms with van der Waals surface area (Å²) in [5, 5.41) is 4.11. The summed E-state index contributed by atoms with van der Waals surface area (Å²) in [5.74, 6) is 0.594. The maximum Gasteiger partial charge on any atom is 0.237 e. The average Bonchev–Trinajstić information content (AvgIpc) is 2.99. The monoisotopic (exact) mass is 315 g/mol. The summed E-state index contributed by atoms with van der Waals surface area (Å²) in [6.45, 7) is 2.39. The van der Waals surface area contributed by atoms with Crippen LogP contribution in [0.3, 0.4) is 0 Å². The number of benzene rings is 1. The van der Waals surface area contributed by atoms with Crippen molar-refractivity contribution in [3.05, 3.63) is 36.0 Å². The van der Waals surface area contributed by atoms with Crippen LogP contribution >= 0.6 is 0 Å². The van der Waals surface area contributed by atoms with Gasteiger partial charge in [-0.05, 0) is 43.2 Å². The van der Waals surface area contributed by atoms with E-state index in [4.69, 9.17) is 10.5 Å². The SMILES string of the molecule is N[C@@H](Cc1c[nH]c2ccccc12)C(=O)NCCC1CCOCC1. The van der Waals surface area contributed by atoms with Gasteiger partial charge in [0.25, 0.3) is 0 Å². The number of nitrogens with one attached hydrogen (secondary N) is 2. The molecular formula is C18H25N3O2. The molecule has 23 heavy (non-hydrogen) atoms. The molecule has 0 saturated carbocycles. The Bertz CT molecular complexity index is 647. The van der Waals surface area contributed by atoms with Crippen molar-refractivity contribution in [2.45, 2.75) is 31.7 Å². The van der Waals surface area contributed by atoms with Gasteiger partial charge in [0.15, 0.2) is 0 Å². The highest BCUT2D eigenvalue weighted by molar-refractivity contribution is 5.86. The molecule has 5 nitrogen and oxygen atoms in total. The number of amides is 1. The molecule has 1 aromatic carbocycles. The molecule has 124 valence electrons. The molecule has 1 saturated heterocycles. The van der Waals surface area contributed by atoms with Gasteiger partial charge in [0.1, 0.15) is 0 Å². The minimum absolute atomic E-state index is 0.0673. The van der Waals surface area contributed by atoms with Crippen molar-refractivity contribution in [3.63, 3.8) is 0 Å². The van der Waals surface area contributed by atoms with Crippen molar-refractivity contribution in [2.24, 2.45) is 11.7 Å². The van der Waals surface area contributed by atoms with Gasteiger partial charge in [-0.25, -0.2) is 0 Å². The molecule has 2 aromatic rings. The van der Waals surface area contributed by atoms with Gasteiger partial charge in [-0.2, -0.15) is 0 Å². The van der Waals surface area contributed by atoms with Crippen LogP contribution in [0.4, 0.5) is 0 Å². The largest absolute Gasteiger partial charge is 0.381 e. The summed E-state index contributed by atoms with van der Waals surface area (Å²) in [4.78, 5) is 15.4. The Balaban J connectivity index is 1.47. The summed E-state index contributed by atoms with van der Waals surface area (Å²) in [7, 11) is 0. The lowest BCUT2D eigenvalue weighted by Gasteiger charge is -2.22. The molecule has 0 bridgehead atoms. The predicted octanol–water partition coefficient (Wildman–Crippen LogP) is 1.97. The number of ether oxygens (including phenoxy) is 1. The number of carbonyl (C=O) groups excluding carboxylic acids is 1. The molecule has 0 unspecified atom stereocenters. The highest BCUT2D eigenvalue weighted by Gasteiger charge is 2.17. The quantitative estimate of drug-likeness (QED) is 0.762. The molecule has 4 N–H and O–H groups in total. The van der Waals surface area contributed by atoms with Crippen molar-refractivity contribution in [1.29, 1.82) is 0 Å². The Morgan fingerprint density at radius 3 is 2.96 bits per heavy atom. The average molecular weight is 315 g/mol. The number of H-pyrrole nitrogens is 1. The minimum atomic E-state index is -0.510. The molecular weight excluding hydrogens is 290 g/mol. The zero-order valence-corrected chi connectivity index (χ0v) is 13.4. The van der Waals surface area contributed by atoms with E-state index in [2.05, 4.69) is 16.4 Å². The standard InChI is InChI=1S/C18H25N3O2/c19-16(11-14-12-21-17-4-2-1-3-15(14)17)18(22)20-8-5-13-6-9-23-10-7-13/h1-4,12-13,16,21H,5-11,19H2,(H,20,22)/t16-/m0/s1. The molecule has 1 atom stereocenters. The second-order valence-corrected chi connectivity index (χ2v) is 6.31. The van der Waals surface area contributed by atoms with E-state index in [1.54, 1.807) is 0 Å². The first kappa shape index (κ1) is 16.0. The fraction of sp³-hybridized carbons (Fsp3) is 0.500. The van der Waals surface area contributed by atoms with Crippen molar-refractivity contribution >= 4 is 16.8 Å². The molecule has 1 aliphatic heterocycles. The molecule has 1 fully saturated rings. The van der Waals surface area contributed by atoms with E-state index in [0.717, 1.165) is 48.9 Å². The van der Waals surface area contributed by atoms with Gasteiger partial charge in [0.2, 0.25) is 5.91 Å². The van der Waals surface area contributed by atoms with Crippen molar-refractivity contribution in [1.82, 2.24) is 10.3 Å². The molecule has 2 heterocycles. The van der Waals surface area contributed by atoms with Crippen LogP contribution in [-0.4, -0.2) is 36.7 Å². The van der Waals surface area contributed by atoms with Crippen molar-refractivity contribution in [2.75, 3.05) is 19.8 Å². The Hall–Kier alpha value is -1.85. The van der Waals surface area contributed by atoms with Crippen LogP contribution in [0, 0.1) is 5.92 Å². The smallest absolute Gasteiger partial charge is 0.237 e. The number of nitrogens with two attached hydrogens (primary N) is 1. The third-order valence-electron chi connectivity index (χ3n) is 4.64. The molecule has 1 amide bonds. The van der Waals surface area contributed by atoms with Crippen LogP contribution in [0.1, 0.15) is 24.8 Å². The first-order valence-corrected chi connectivity index (χ1v) is 8.40. The van der Waals surface area contributed by atoms with Crippen LogP contribution in [-0.2, 0) is 16.0 Å². The van der Waals surface area contributed by atoms with Crippen LogP contribution in [0.25, 0.3) is 10.9 Å². The van der Waals surface area contributed by atoms with E-state index in [1.807, 2.05) is 24.4 Å². The van der Waals surface area contributed by atoms with E-state index in [-0.39, 0.29) is 5.91 Å². The third kappa shape index (κ3) is 4.12. The zero-order valence-electron chi connectivity index (χ0n) is 13.4. The number of carbonyl (C=O) groups is 1. The number of aromatic nitrogens is 1. The molecule has 5 heteroatoms. The molecule has 0 aliphatic carbocycles. The number of hydrogen-bond acceptors (Lipinski definition) is 3. The topological polar surface area (TPSA) is 80.1 Å². The minimum Gasteiger partial charge on any atom is -0.381 e. The highest BCUT2D eigenvalue weighted by atomic mass is 16.5. The Labute approximate surface area is 136 Å². The fourth-order valence-electron chi connectivity index (χ4n) is 3.20. The predicted molar refractivity (Wildman–Crippen MR) is 91.1 cm³/mol. The highest BCUT2D eigenvalue weighted by Crippen LogP contribution is 2.19. The van der Waals surface area contributed by atoms with Crippen molar-refractivity contribution < 1.29 is 9.53 Å². The van der Waals surface area contributed by atoms with Gasteiger partial charge in [-0.15, -0.1) is 0 Å². The number of para-hydroxylation sites is 1. The van der Waals surface area contributed by atoms with E-state index in [0.29, 0.717) is 18.9 Å². The second-order valence-electron chi connectivity index (χ2n) is 6.31. The maximum atomic E-state index is 12.2. The number of fused-ring (bicyclic) bond motifs is 1. The lowest BCUT2D eigenvalue weighted by Crippen LogP contribution is -2.42. The summed E-state index contributed by atoms with van der Waals surface area (Å²) in [5.41, 5.74) is 8.24. The molecule has 3 rings (SSSR count). The summed E-state index contributed by atoms with van der Waals surface area (Å²) in [6.07, 6.45) is 5.69. The van der Waals surface area contributed by atoms with Gasteiger partial charge in [0, 0.05) is 36.9 Å². The Kier molecular flexibility index (Phi) is 5.31.